The lowest BCUT2D eigenvalue weighted by molar-refractivity contribution is -0.121. The number of amides is 3. The van der Waals surface area contributed by atoms with Gasteiger partial charge in [-0.15, -0.1) is 19.0 Å². The molecule has 0 aromatic carbocycles. The van der Waals surface area contributed by atoms with Crippen molar-refractivity contribution in [2.24, 2.45) is 0 Å². The smallest absolute Gasteiger partial charge is 0.321 e. The number of imide groups is 1. The number of urea groups is 1. The summed E-state index contributed by atoms with van der Waals surface area (Å²) in [5, 5.41) is 7.99. The van der Waals surface area contributed by atoms with Crippen LogP contribution in [0.2, 0.25) is 0 Å². The maximum atomic E-state index is 11.5. The fourth-order valence-electron chi connectivity index (χ4n) is 1.75. The Morgan fingerprint density at radius 1 is 1.56 bits per heavy atom. The highest BCUT2D eigenvalue weighted by Crippen LogP contribution is 2.04. The minimum Gasteiger partial charge on any atom is -0.334 e. The van der Waals surface area contributed by atoms with Gasteiger partial charge in [0.2, 0.25) is 5.91 Å². The predicted molar refractivity (Wildman–Crippen MR) is 72.9 cm³/mol. The first kappa shape index (κ1) is 16.9. The second-order valence-corrected chi connectivity index (χ2v) is 4.11. The van der Waals surface area contributed by atoms with E-state index in [1.807, 2.05) is 11.9 Å². The molecule has 0 radical (unpaired) electrons. The van der Waals surface area contributed by atoms with Crippen LogP contribution in [-0.2, 0) is 4.79 Å². The second kappa shape index (κ2) is 8.91. The molecule has 0 aliphatic carbocycles. The summed E-state index contributed by atoms with van der Waals surface area (Å²) in [5.74, 6) is -0.291. The molecule has 0 aromatic heterocycles. The van der Waals surface area contributed by atoms with Crippen molar-refractivity contribution >= 4 is 24.3 Å². The van der Waals surface area contributed by atoms with Crippen molar-refractivity contribution in [1.82, 2.24) is 20.9 Å². The zero-order chi connectivity index (χ0) is 12.7. The summed E-state index contributed by atoms with van der Waals surface area (Å²) in [6.07, 6.45) is 2.59. The highest BCUT2D eigenvalue weighted by Gasteiger charge is 2.21. The van der Waals surface area contributed by atoms with Crippen LogP contribution in [0.1, 0.15) is 6.42 Å². The van der Waals surface area contributed by atoms with E-state index >= 15 is 0 Å². The fraction of sp³-hybridized carbons (Fsp3) is 0.636. The zero-order valence-electron chi connectivity index (χ0n) is 10.6. The maximum Gasteiger partial charge on any atom is 0.321 e. The van der Waals surface area contributed by atoms with Crippen LogP contribution in [0, 0.1) is 0 Å². The molecular weight excluding hydrogens is 256 g/mol. The minimum absolute atomic E-state index is 0. The number of hydrogen-bond acceptors (Lipinski definition) is 4. The molecule has 1 aliphatic heterocycles. The normalized spacial score (nSPS) is 18.0. The van der Waals surface area contributed by atoms with E-state index in [9.17, 15) is 9.59 Å². The molecule has 7 heteroatoms. The Labute approximate surface area is 114 Å². The monoisotopic (exact) mass is 276 g/mol. The van der Waals surface area contributed by atoms with Gasteiger partial charge in [0.05, 0.1) is 6.54 Å². The van der Waals surface area contributed by atoms with E-state index in [0.29, 0.717) is 12.6 Å². The molecule has 1 atom stereocenters. The Hall–Kier alpha value is -1.11. The van der Waals surface area contributed by atoms with Crippen LogP contribution < -0.4 is 16.0 Å². The molecule has 1 aliphatic rings. The van der Waals surface area contributed by atoms with Gasteiger partial charge in [-0.05, 0) is 20.0 Å². The summed E-state index contributed by atoms with van der Waals surface area (Å²) in [6, 6.07) is -0.107. The number of carbonyl (C=O) groups excluding carboxylic acids is 2. The zero-order valence-corrected chi connectivity index (χ0v) is 11.4. The SMILES string of the molecule is C=CCNC(=O)NC(=O)CN(C)C1CCNC1.Cl. The molecule has 1 saturated heterocycles. The van der Waals surface area contributed by atoms with Crippen LogP contribution in [0.4, 0.5) is 4.79 Å². The van der Waals surface area contributed by atoms with Crippen LogP contribution in [0.5, 0.6) is 0 Å². The molecule has 0 saturated carbocycles. The third-order valence-corrected chi connectivity index (χ3v) is 2.71. The first-order chi connectivity index (χ1) is 8.13. The van der Waals surface area contributed by atoms with Crippen molar-refractivity contribution in [3.05, 3.63) is 12.7 Å². The van der Waals surface area contributed by atoms with Gasteiger partial charge in [0.25, 0.3) is 0 Å². The Morgan fingerprint density at radius 3 is 2.83 bits per heavy atom. The standard InChI is InChI=1S/C11H20N4O2.ClH/c1-3-5-13-11(17)14-10(16)8-15(2)9-4-6-12-7-9;/h3,9,12H,1,4-8H2,2H3,(H2,13,14,16,17);1H. The largest absolute Gasteiger partial charge is 0.334 e. The Kier molecular flexibility index (Phi) is 8.36. The topological polar surface area (TPSA) is 73.5 Å². The maximum absolute atomic E-state index is 11.5. The molecule has 18 heavy (non-hydrogen) atoms. The van der Waals surface area contributed by atoms with E-state index in [1.165, 1.54) is 0 Å². The minimum atomic E-state index is -0.479. The quantitative estimate of drug-likeness (QED) is 0.604. The predicted octanol–water partition coefficient (Wildman–Crippen LogP) is -0.286. The molecule has 1 rings (SSSR count). The van der Waals surface area contributed by atoms with Crippen molar-refractivity contribution in [3.8, 4) is 0 Å². The molecule has 6 nitrogen and oxygen atoms in total. The van der Waals surface area contributed by atoms with Crippen LogP contribution in [-0.4, -0.2) is 56.1 Å². The Bertz CT molecular complexity index is 293. The average Bonchev–Trinajstić information content (AvgIpc) is 2.79. The van der Waals surface area contributed by atoms with Gasteiger partial charge in [-0.1, -0.05) is 6.08 Å². The number of likely N-dealkylation sites (N-methyl/N-ethyl adjacent to an activating group) is 1. The number of rotatable bonds is 5. The molecule has 0 aromatic rings. The first-order valence-corrected chi connectivity index (χ1v) is 5.73. The van der Waals surface area contributed by atoms with E-state index < -0.39 is 6.03 Å². The van der Waals surface area contributed by atoms with E-state index in [1.54, 1.807) is 6.08 Å². The summed E-state index contributed by atoms with van der Waals surface area (Å²) in [7, 11) is 1.89. The third-order valence-electron chi connectivity index (χ3n) is 2.71. The highest BCUT2D eigenvalue weighted by atomic mass is 35.5. The van der Waals surface area contributed by atoms with Gasteiger partial charge in [0, 0.05) is 19.1 Å². The lowest BCUT2D eigenvalue weighted by Crippen LogP contribution is -2.46. The molecule has 1 fully saturated rings. The average molecular weight is 277 g/mol. The van der Waals surface area contributed by atoms with E-state index in [-0.39, 0.29) is 24.9 Å². The van der Waals surface area contributed by atoms with Crippen molar-refractivity contribution < 1.29 is 9.59 Å². The Morgan fingerprint density at radius 2 is 2.28 bits per heavy atom. The summed E-state index contributed by atoms with van der Waals surface area (Å²) in [5.41, 5.74) is 0. The number of nitrogens with one attached hydrogen (secondary N) is 3. The van der Waals surface area contributed by atoms with E-state index in [0.717, 1.165) is 19.5 Å². The third kappa shape index (κ3) is 6.00. The van der Waals surface area contributed by atoms with Gasteiger partial charge in [-0.2, -0.15) is 0 Å². The van der Waals surface area contributed by atoms with Crippen molar-refractivity contribution in [2.75, 3.05) is 33.2 Å². The summed E-state index contributed by atoms with van der Waals surface area (Å²) in [4.78, 5) is 24.7. The molecule has 3 amide bonds. The summed E-state index contributed by atoms with van der Waals surface area (Å²) in [6.45, 7) is 5.93. The van der Waals surface area contributed by atoms with Crippen molar-refractivity contribution in [3.63, 3.8) is 0 Å². The van der Waals surface area contributed by atoms with Gasteiger partial charge in [-0.3, -0.25) is 15.0 Å². The molecule has 1 unspecified atom stereocenters. The lowest BCUT2D eigenvalue weighted by atomic mass is 10.2. The van der Waals surface area contributed by atoms with E-state index in [4.69, 9.17) is 0 Å². The van der Waals surface area contributed by atoms with Crippen LogP contribution >= 0.6 is 12.4 Å². The molecule has 1 heterocycles. The van der Waals surface area contributed by atoms with Gasteiger partial charge in [0.15, 0.2) is 0 Å². The number of hydrogen-bond donors (Lipinski definition) is 3. The van der Waals surface area contributed by atoms with Crippen LogP contribution in [0.15, 0.2) is 12.7 Å². The van der Waals surface area contributed by atoms with Crippen LogP contribution in [0.3, 0.4) is 0 Å². The molecule has 0 bridgehead atoms. The van der Waals surface area contributed by atoms with E-state index in [2.05, 4.69) is 22.5 Å². The van der Waals surface area contributed by atoms with Crippen molar-refractivity contribution in [1.29, 1.82) is 0 Å². The summed E-state index contributed by atoms with van der Waals surface area (Å²) < 4.78 is 0. The molecule has 0 spiro atoms. The van der Waals surface area contributed by atoms with Gasteiger partial charge >= 0.3 is 6.03 Å². The lowest BCUT2D eigenvalue weighted by Gasteiger charge is -2.22. The molecular formula is C11H21ClN4O2. The van der Waals surface area contributed by atoms with Gasteiger partial charge in [0.1, 0.15) is 0 Å². The number of carbonyl (C=O) groups is 2. The van der Waals surface area contributed by atoms with Gasteiger partial charge < -0.3 is 10.6 Å². The van der Waals surface area contributed by atoms with Gasteiger partial charge in [-0.25, -0.2) is 4.79 Å². The van der Waals surface area contributed by atoms with Crippen molar-refractivity contribution in [2.45, 2.75) is 12.5 Å². The Balaban J connectivity index is 0.00000289. The number of halogens is 1. The first-order valence-electron chi connectivity index (χ1n) is 5.73. The number of nitrogens with zero attached hydrogens (tertiary/aromatic N) is 1. The molecule has 3 N–H and O–H groups in total. The highest BCUT2D eigenvalue weighted by molar-refractivity contribution is 5.95. The van der Waals surface area contributed by atoms with Crippen LogP contribution in [0.25, 0.3) is 0 Å². The summed E-state index contributed by atoms with van der Waals surface area (Å²) >= 11 is 0. The second-order valence-electron chi connectivity index (χ2n) is 4.11. The fourth-order valence-corrected chi connectivity index (χ4v) is 1.75. The molecule has 104 valence electrons.